The van der Waals surface area contributed by atoms with Gasteiger partial charge in [0.2, 0.25) is 5.91 Å². The van der Waals surface area contributed by atoms with Gasteiger partial charge in [-0.05, 0) is 25.7 Å². The first-order valence-electron chi connectivity index (χ1n) is 38.8. The van der Waals surface area contributed by atoms with Gasteiger partial charge in [0.05, 0.1) is 25.4 Å². The first-order chi connectivity index (χ1) is 41.0. The molecule has 0 aromatic heterocycles. The molecule has 0 aliphatic rings. The molecule has 0 aromatic rings. The lowest BCUT2D eigenvalue weighted by molar-refractivity contribution is -0.143. The number of esters is 1. The first-order valence-corrected chi connectivity index (χ1v) is 38.8. The summed E-state index contributed by atoms with van der Waals surface area (Å²) in [5.41, 5.74) is 0. The van der Waals surface area contributed by atoms with Crippen LogP contribution in [0.4, 0.5) is 0 Å². The van der Waals surface area contributed by atoms with Gasteiger partial charge in [-0.3, -0.25) is 9.59 Å². The second-order valence-corrected chi connectivity index (χ2v) is 27.1. The van der Waals surface area contributed by atoms with Crippen molar-refractivity contribution < 1.29 is 24.5 Å². The number of hydrogen-bond donors (Lipinski definition) is 3. The average molecular weight is 1170 g/mol. The number of carbonyl (C=O) groups is 2. The summed E-state index contributed by atoms with van der Waals surface area (Å²) in [6.45, 7) is 5.00. The Hall–Kier alpha value is -1.14. The molecule has 0 fully saturated rings. The third-order valence-corrected chi connectivity index (χ3v) is 18.7. The number of carbonyl (C=O) groups excluding carboxylic acids is 2. The molecule has 0 radical (unpaired) electrons. The van der Waals surface area contributed by atoms with Crippen LogP contribution in [0.15, 0.2) is 0 Å². The van der Waals surface area contributed by atoms with Crippen molar-refractivity contribution in [2.75, 3.05) is 13.2 Å². The van der Waals surface area contributed by atoms with Gasteiger partial charge in [-0.25, -0.2) is 0 Å². The van der Waals surface area contributed by atoms with Gasteiger partial charge in [0.1, 0.15) is 0 Å². The van der Waals surface area contributed by atoms with E-state index in [-0.39, 0.29) is 18.5 Å². The largest absolute Gasteiger partial charge is 0.466 e. The Balaban J connectivity index is 3.26. The molecule has 83 heavy (non-hydrogen) atoms. The second kappa shape index (κ2) is 73.3. The standard InChI is InChI=1S/C77H153NO5/c1-3-5-7-9-11-13-15-17-47-51-55-59-63-67-71-77(82)83-72-68-64-60-56-52-48-44-42-40-38-36-34-32-30-28-26-24-22-20-18-19-21-23-25-27-29-31-33-35-37-39-41-43-46-50-54-58-62-66-70-76(81)78-74(73-79)75(80)69-65-61-57-53-49-45-16-14-12-10-8-6-4-2/h74-75,79-80H,3-73H2,1-2H3,(H,78,81). The molecular formula is C77H153NO5. The van der Waals surface area contributed by atoms with Gasteiger partial charge in [0.25, 0.3) is 0 Å². The van der Waals surface area contributed by atoms with Crippen molar-refractivity contribution in [2.45, 2.75) is 469 Å². The normalized spacial score (nSPS) is 12.4. The minimum Gasteiger partial charge on any atom is -0.466 e. The smallest absolute Gasteiger partial charge is 0.305 e. The van der Waals surface area contributed by atoms with E-state index in [4.69, 9.17) is 4.74 Å². The monoisotopic (exact) mass is 1170 g/mol. The average Bonchev–Trinajstić information content (AvgIpc) is 3.49. The van der Waals surface area contributed by atoms with Crippen molar-refractivity contribution in [1.82, 2.24) is 5.32 Å². The Morgan fingerprint density at radius 2 is 0.494 bits per heavy atom. The van der Waals surface area contributed by atoms with E-state index in [2.05, 4.69) is 19.2 Å². The predicted molar refractivity (Wildman–Crippen MR) is 366 cm³/mol. The highest BCUT2D eigenvalue weighted by atomic mass is 16.5. The van der Waals surface area contributed by atoms with E-state index in [1.807, 2.05) is 0 Å². The van der Waals surface area contributed by atoms with Crippen molar-refractivity contribution in [3.63, 3.8) is 0 Å². The Morgan fingerprint density at radius 1 is 0.289 bits per heavy atom. The number of ether oxygens (including phenoxy) is 1. The lowest BCUT2D eigenvalue weighted by atomic mass is 10.0. The molecule has 3 N–H and O–H groups in total. The molecule has 2 atom stereocenters. The molecule has 1 amide bonds. The topological polar surface area (TPSA) is 95.9 Å². The zero-order chi connectivity index (χ0) is 59.9. The zero-order valence-corrected chi connectivity index (χ0v) is 57.0. The molecule has 6 nitrogen and oxygen atoms in total. The fourth-order valence-corrected chi connectivity index (χ4v) is 12.8. The van der Waals surface area contributed by atoms with Crippen LogP contribution >= 0.6 is 0 Å². The SMILES string of the molecule is CCCCCCCCCCCCCCCCC(=O)OCCCCCCCCCCCCCCCCCCCCCCCCCCCCCCCCCCCCCCCCCC(=O)NC(CO)C(O)CCCCCCCCCCCCCCC. The number of hydrogen-bond acceptors (Lipinski definition) is 5. The van der Waals surface area contributed by atoms with Crippen molar-refractivity contribution in [3.8, 4) is 0 Å². The van der Waals surface area contributed by atoms with Crippen LogP contribution in [0.25, 0.3) is 0 Å². The van der Waals surface area contributed by atoms with Gasteiger partial charge in [-0.15, -0.1) is 0 Å². The fourth-order valence-electron chi connectivity index (χ4n) is 12.8. The van der Waals surface area contributed by atoms with Crippen LogP contribution in [0.1, 0.15) is 457 Å². The third-order valence-electron chi connectivity index (χ3n) is 18.7. The summed E-state index contributed by atoms with van der Waals surface area (Å²) in [5.74, 6) is 0.00189. The van der Waals surface area contributed by atoms with E-state index >= 15 is 0 Å². The summed E-state index contributed by atoms with van der Waals surface area (Å²) in [5, 5.41) is 23.3. The maximum Gasteiger partial charge on any atom is 0.305 e. The van der Waals surface area contributed by atoms with Crippen molar-refractivity contribution in [1.29, 1.82) is 0 Å². The first kappa shape index (κ1) is 81.9. The van der Waals surface area contributed by atoms with E-state index in [1.165, 1.54) is 385 Å². The highest BCUT2D eigenvalue weighted by molar-refractivity contribution is 5.76. The molecule has 0 bridgehead atoms. The van der Waals surface area contributed by atoms with Gasteiger partial charge in [-0.1, -0.05) is 418 Å². The third kappa shape index (κ3) is 69.8. The van der Waals surface area contributed by atoms with Crippen LogP contribution in [-0.4, -0.2) is 47.4 Å². The number of unbranched alkanes of at least 4 members (excludes halogenated alkanes) is 63. The maximum atomic E-state index is 12.5. The molecule has 0 rings (SSSR count). The van der Waals surface area contributed by atoms with Crippen LogP contribution in [0.5, 0.6) is 0 Å². The molecule has 0 saturated carbocycles. The number of aliphatic hydroxyl groups is 2. The second-order valence-electron chi connectivity index (χ2n) is 27.1. The molecule has 0 aliphatic heterocycles. The number of rotatable bonds is 74. The van der Waals surface area contributed by atoms with Crippen molar-refractivity contribution >= 4 is 11.9 Å². The van der Waals surface area contributed by atoms with E-state index in [0.717, 1.165) is 38.5 Å². The summed E-state index contributed by atoms with van der Waals surface area (Å²) in [4.78, 5) is 24.6. The van der Waals surface area contributed by atoms with Gasteiger partial charge in [-0.2, -0.15) is 0 Å². The van der Waals surface area contributed by atoms with E-state index in [9.17, 15) is 19.8 Å². The molecule has 0 heterocycles. The minimum atomic E-state index is -0.658. The van der Waals surface area contributed by atoms with Gasteiger partial charge in [0, 0.05) is 12.8 Å². The molecule has 6 heteroatoms. The van der Waals surface area contributed by atoms with E-state index in [0.29, 0.717) is 25.9 Å². The quantitative estimate of drug-likeness (QED) is 0.0417. The van der Waals surface area contributed by atoms with Gasteiger partial charge < -0.3 is 20.3 Å². The van der Waals surface area contributed by atoms with Gasteiger partial charge in [0.15, 0.2) is 0 Å². The number of nitrogens with one attached hydrogen (secondary N) is 1. The number of aliphatic hydroxyl groups excluding tert-OH is 2. The Morgan fingerprint density at radius 3 is 0.735 bits per heavy atom. The molecule has 0 aliphatic carbocycles. The highest BCUT2D eigenvalue weighted by Gasteiger charge is 2.20. The fraction of sp³-hybridized carbons (Fsp3) is 0.974. The lowest BCUT2D eigenvalue weighted by Gasteiger charge is -2.22. The van der Waals surface area contributed by atoms with Crippen LogP contribution in [0, 0.1) is 0 Å². The van der Waals surface area contributed by atoms with Crippen LogP contribution in [-0.2, 0) is 14.3 Å². The Kier molecular flexibility index (Phi) is 72.3. The van der Waals surface area contributed by atoms with Crippen molar-refractivity contribution in [3.05, 3.63) is 0 Å². The maximum absolute atomic E-state index is 12.5. The van der Waals surface area contributed by atoms with Crippen molar-refractivity contribution in [2.24, 2.45) is 0 Å². The van der Waals surface area contributed by atoms with Crippen LogP contribution < -0.4 is 5.32 Å². The van der Waals surface area contributed by atoms with E-state index in [1.54, 1.807) is 0 Å². The van der Waals surface area contributed by atoms with Gasteiger partial charge >= 0.3 is 5.97 Å². The summed E-state index contributed by atoms with van der Waals surface area (Å²) >= 11 is 0. The number of amides is 1. The molecule has 0 spiro atoms. The zero-order valence-electron chi connectivity index (χ0n) is 57.0. The summed E-state index contributed by atoms with van der Waals surface area (Å²) < 4.78 is 5.50. The molecule has 496 valence electrons. The predicted octanol–water partition coefficient (Wildman–Crippen LogP) is 25.3. The molecular weight excluding hydrogens is 1020 g/mol. The van der Waals surface area contributed by atoms with Crippen LogP contribution in [0.2, 0.25) is 0 Å². The Bertz CT molecular complexity index is 1210. The summed E-state index contributed by atoms with van der Waals surface area (Å²) in [7, 11) is 0. The van der Waals surface area contributed by atoms with E-state index < -0.39 is 12.1 Å². The summed E-state index contributed by atoms with van der Waals surface area (Å²) in [6.07, 6.45) is 90.6. The highest BCUT2D eigenvalue weighted by Crippen LogP contribution is 2.20. The molecule has 0 saturated heterocycles. The molecule has 0 aromatic carbocycles. The Labute approximate surface area is 521 Å². The molecule has 2 unspecified atom stereocenters. The van der Waals surface area contributed by atoms with Crippen LogP contribution in [0.3, 0.4) is 0 Å². The summed E-state index contributed by atoms with van der Waals surface area (Å²) in [6, 6.07) is -0.535. The lowest BCUT2D eigenvalue weighted by Crippen LogP contribution is -2.45. The minimum absolute atomic E-state index is 0.0256.